The Labute approximate surface area is 182 Å². The van der Waals surface area contributed by atoms with Crippen LogP contribution in [0, 0.1) is 0 Å². The normalized spacial score (nSPS) is 10.2. The minimum absolute atomic E-state index is 0.533. The molecule has 3 aromatic rings. The summed E-state index contributed by atoms with van der Waals surface area (Å²) >= 11 is 5.76. The maximum absolute atomic E-state index is 5.76. The van der Waals surface area contributed by atoms with Crippen LogP contribution in [-0.4, -0.2) is 36.3 Å². The first kappa shape index (κ1) is 21.4. The van der Waals surface area contributed by atoms with Crippen molar-refractivity contribution in [2.75, 3.05) is 26.6 Å². The average molecular weight is 424 g/mol. The predicted octanol–water partition coefficient (Wildman–Crippen LogP) is 4.51. The lowest BCUT2D eigenvalue weighted by Gasteiger charge is -2.27. The number of hydrogen-bond donors (Lipinski definition) is 1. The molecule has 156 valence electrons. The van der Waals surface area contributed by atoms with Crippen molar-refractivity contribution in [2.24, 2.45) is 0 Å². The maximum Gasteiger partial charge on any atom is 0.174 e. The number of benzene rings is 2. The summed E-state index contributed by atoms with van der Waals surface area (Å²) in [6.45, 7) is 1.12. The Morgan fingerprint density at radius 3 is 2.50 bits per heavy atom. The van der Waals surface area contributed by atoms with Crippen LogP contribution in [0.1, 0.15) is 11.1 Å². The van der Waals surface area contributed by atoms with Crippen molar-refractivity contribution in [1.29, 1.82) is 0 Å². The summed E-state index contributed by atoms with van der Waals surface area (Å²) in [5.74, 6) is 2.14. The van der Waals surface area contributed by atoms with E-state index in [0.29, 0.717) is 29.7 Å². The van der Waals surface area contributed by atoms with Crippen molar-refractivity contribution in [3.63, 3.8) is 0 Å². The predicted molar refractivity (Wildman–Crippen MR) is 122 cm³/mol. The quantitative estimate of drug-likeness (QED) is 0.535. The van der Waals surface area contributed by atoms with Crippen LogP contribution in [0.15, 0.2) is 67.0 Å². The molecule has 1 heterocycles. The molecule has 0 radical (unpaired) electrons. The van der Waals surface area contributed by atoms with Gasteiger partial charge in [0.2, 0.25) is 0 Å². The fourth-order valence-electron chi connectivity index (χ4n) is 3.10. The van der Waals surface area contributed by atoms with Crippen molar-refractivity contribution in [3.05, 3.63) is 78.1 Å². The molecule has 7 heteroatoms. The molecule has 6 nitrogen and oxygen atoms in total. The van der Waals surface area contributed by atoms with E-state index in [1.165, 1.54) is 0 Å². The molecule has 2 aromatic carbocycles. The number of pyridine rings is 1. The topological polar surface area (TPSA) is 55.9 Å². The van der Waals surface area contributed by atoms with Crippen LogP contribution in [-0.2, 0) is 13.1 Å². The number of methoxy groups -OCH3 is 3. The third-order valence-corrected chi connectivity index (χ3v) is 4.91. The second-order valence-electron chi connectivity index (χ2n) is 6.53. The smallest absolute Gasteiger partial charge is 0.174 e. The van der Waals surface area contributed by atoms with Crippen LogP contribution >= 0.6 is 12.2 Å². The van der Waals surface area contributed by atoms with E-state index in [-0.39, 0.29) is 0 Å². The standard InChI is InChI=1S/C23H25N3O3S/c1-27-20-10-5-9-19(13-20)25-23(30)26(15-17-7-6-12-24-14-17)16-18-8-4-11-21(28-2)22(18)29-3/h4-14H,15-16H2,1-3H3,(H,25,30). The lowest BCUT2D eigenvalue weighted by Crippen LogP contribution is -2.34. The van der Waals surface area contributed by atoms with Gasteiger partial charge in [0.1, 0.15) is 5.75 Å². The molecular weight excluding hydrogens is 398 g/mol. The van der Waals surface area contributed by atoms with Crippen molar-refractivity contribution in [2.45, 2.75) is 13.1 Å². The molecule has 0 amide bonds. The van der Waals surface area contributed by atoms with E-state index in [9.17, 15) is 0 Å². The van der Waals surface area contributed by atoms with Gasteiger partial charge in [0.05, 0.1) is 21.3 Å². The molecule has 0 fully saturated rings. The molecule has 0 aliphatic carbocycles. The summed E-state index contributed by atoms with van der Waals surface area (Å²) in [7, 11) is 4.91. The van der Waals surface area contributed by atoms with Crippen LogP contribution in [0.25, 0.3) is 0 Å². The van der Waals surface area contributed by atoms with Gasteiger partial charge in [-0.2, -0.15) is 0 Å². The van der Waals surface area contributed by atoms with E-state index in [1.54, 1.807) is 27.5 Å². The molecule has 0 saturated carbocycles. The summed E-state index contributed by atoms with van der Waals surface area (Å²) < 4.78 is 16.4. The molecule has 0 aliphatic heterocycles. The molecule has 0 saturated heterocycles. The third kappa shape index (κ3) is 5.39. The number of anilines is 1. The molecule has 0 atom stereocenters. The van der Waals surface area contributed by atoms with E-state index in [0.717, 1.165) is 22.6 Å². The van der Waals surface area contributed by atoms with Gasteiger partial charge in [-0.1, -0.05) is 24.3 Å². The fourth-order valence-corrected chi connectivity index (χ4v) is 3.35. The summed E-state index contributed by atoms with van der Waals surface area (Å²) in [6.07, 6.45) is 3.59. The molecule has 0 aliphatic rings. The SMILES string of the molecule is COc1cccc(NC(=S)N(Cc2cccnc2)Cc2cccc(OC)c2OC)c1. The molecule has 0 unspecified atom stereocenters. The molecule has 30 heavy (non-hydrogen) atoms. The molecule has 0 bridgehead atoms. The van der Waals surface area contributed by atoms with E-state index >= 15 is 0 Å². The Bertz CT molecular complexity index is 982. The maximum atomic E-state index is 5.76. The average Bonchev–Trinajstić information content (AvgIpc) is 2.79. The first-order valence-corrected chi connectivity index (χ1v) is 9.84. The van der Waals surface area contributed by atoms with Crippen LogP contribution in [0.3, 0.4) is 0 Å². The Morgan fingerprint density at radius 1 is 0.967 bits per heavy atom. The highest BCUT2D eigenvalue weighted by Crippen LogP contribution is 2.32. The lowest BCUT2D eigenvalue weighted by molar-refractivity contribution is 0.341. The van der Waals surface area contributed by atoms with E-state index in [1.807, 2.05) is 60.8 Å². The second kappa shape index (κ2) is 10.5. The van der Waals surface area contributed by atoms with Crippen molar-refractivity contribution in [3.8, 4) is 17.2 Å². The number of nitrogens with one attached hydrogen (secondary N) is 1. The Kier molecular flexibility index (Phi) is 7.45. The van der Waals surface area contributed by atoms with E-state index < -0.39 is 0 Å². The van der Waals surface area contributed by atoms with Gasteiger partial charge in [-0.15, -0.1) is 0 Å². The molecule has 1 N–H and O–H groups in total. The van der Waals surface area contributed by atoms with Gasteiger partial charge >= 0.3 is 0 Å². The van der Waals surface area contributed by atoms with Crippen LogP contribution in [0.4, 0.5) is 5.69 Å². The zero-order chi connectivity index (χ0) is 21.3. The highest BCUT2D eigenvalue weighted by molar-refractivity contribution is 7.80. The monoisotopic (exact) mass is 423 g/mol. The molecule has 1 aromatic heterocycles. The highest BCUT2D eigenvalue weighted by atomic mass is 32.1. The summed E-state index contributed by atoms with van der Waals surface area (Å²) in [4.78, 5) is 6.28. The van der Waals surface area contributed by atoms with Gasteiger partial charge in [0, 0.05) is 42.8 Å². The first-order chi connectivity index (χ1) is 14.6. The van der Waals surface area contributed by atoms with Gasteiger partial charge in [-0.3, -0.25) is 4.98 Å². The van der Waals surface area contributed by atoms with Crippen molar-refractivity contribution in [1.82, 2.24) is 9.88 Å². The summed E-state index contributed by atoms with van der Waals surface area (Å²) in [5, 5.41) is 3.89. The Hall–Kier alpha value is -3.32. The number of ether oxygens (including phenoxy) is 3. The van der Waals surface area contributed by atoms with Gasteiger partial charge in [0.15, 0.2) is 16.6 Å². The largest absolute Gasteiger partial charge is 0.497 e. The number of nitrogens with zero attached hydrogens (tertiary/aromatic N) is 2. The Balaban J connectivity index is 1.87. The minimum Gasteiger partial charge on any atom is -0.497 e. The molecular formula is C23H25N3O3S. The summed E-state index contributed by atoms with van der Waals surface area (Å²) in [5.41, 5.74) is 2.87. The number of aromatic nitrogens is 1. The van der Waals surface area contributed by atoms with Crippen LogP contribution in [0.2, 0.25) is 0 Å². The number of para-hydroxylation sites is 1. The van der Waals surface area contributed by atoms with Gasteiger partial charge in [-0.05, 0) is 42.0 Å². The Morgan fingerprint density at radius 2 is 1.80 bits per heavy atom. The van der Waals surface area contributed by atoms with Crippen molar-refractivity contribution < 1.29 is 14.2 Å². The number of thiocarbonyl (C=S) groups is 1. The summed E-state index contributed by atoms with van der Waals surface area (Å²) in [6, 6.07) is 17.4. The first-order valence-electron chi connectivity index (χ1n) is 9.43. The third-order valence-electron chi connectivity index (χ3n) is 4.55. The van der Waals surface area contributed by atoms with Crippen LogP contribution < -0.4 is 19.5 Å². The van der Waals surface area contributed by atoms with Gasteiger partial charge < -0.3 is 24.4 Å². The lowest BCUT2D eigenvalue weighted by atomic mass is 10.1. The molecule has 0 spiro atoms. The fraction of sp³-hybridized carbons (Fsp3) is 0.217. The second-order valence-corrected chi connectivity index (χ2v) is 6.92. The van der Waals surface area contributed by atoms with Gasteiger partial charge in [-0.25, -0.2) is 0 Å². The molecule has 3 rings (SSSR count). The minimum atomic E-state index is 0.533. The zero-order valence-electron chi connectivity index (χ0n) is 17.3. The highest BCUT2D eigenvalue weighted by Gasteiger charge is 2.17. The number of hydrogen-bond acceptors (Lipinski definition) is 5. The number of rotatable bonds is 8. The van der Waals surface area contributed by atoms with Gasteiger partial charge in [0.25, 0.3) is 0 Å². The van der Waals surface area contributed by atoms with Crippen molar-refractivity contribution >= 4 is 23.0 Å². The van der Waals surface area contributed by atoms with Crippen LogP contribution in [0.5, 0.6) is 17.2 Å². The van der Waals surface area contributed by atoms with E-state index in [2.05, 4.69) is 15.2 Å². The zero-order valence-corrected chi connectivity index (χ0v) is 18.1. The van der Waals surface area contributed by atoms with E-state index in [4.69, 9.17) is 26.4 Å².